The molecule has 0 N–H and O–H groups in total. The average Bonchev–Trinajstić information content (AvgIpc) is 2.54. The highest BCUT2D eigenvalue weighted by Crippen LogP contribution is 2.41. The highest BCUT2D eigenvalue weighted by Gasteiger charge is 2.28. The largest absolute Gasteiger partial charge is 0.203 e. The van der Waals surface area contributed by atoms with Crippen LogP contribution < -0.4 is 0 Å². The lowest BCUT2D eigenvalue weighted by molar-refractivity contribution is 0.202. The van der Waals surface area contributed by atoms with Gasteiger partial charge in [-0.3, -0.25) is 0 Å². The van der Waals surface area contributed by atoms with Gasteiger partial charge in [0.2, 0.25) is 0 Å². The summed E-state index contributed by atoms with van der Waals surface area (Å²) >= 11 is 1.84. The van der Waals surface area contributed by atoms with Gasteiger partial charge in [-0.25, -0.2) is 8.78 Å². The van der Waals surface area contributed by atoms with Crippen LogP contribution in [0, 0.1) is 33.0 Å². The van der Waals surface area contributed by atoms with Gasteiger partial charge in [-0.2, -0.15) is 0 Å². The normalized spacial score (nSPS) is 29.3. The first-order valence-corrected chi connectivity index (χ1v) is 9.47. The molecule has 0 amide bonds. The van der Waals surface area contributed by atoms with E-state index in [1.54, 1.807) is 12.1 Å². The van der Waals surface area contributed by atoms with Crippen LogP contribution in [0.4, 0.5) is 8.78 Å². The van der Waals surface area contributed by atoms with Gasteiger partial charge in [0.1, 0.15) is 0 Å². The molecule has 1 atom stereocenters. The summed E-state index contributed by atoms with van der Waals surface area (Å²) in [6, 6.07) is 3.40. The molecule has 0 saturated heterocycles. The number of hydrogen-bond donors (Lipinski definition) is 0. The fraction of sp³-hybridized carbons (Fsp3) is 0.579. The minimum absolute atomic E-state index is 0.351. The summed E-state index contributed by atoms with van der Waals surface area (Å²) in [7, 11) is 0. The van der Waals surface area contributed by atoms with Gasteiger partial charge >= 0.3 is 0 Å². The molecule has 3 rings (SSSR count). The molecular formula is C19H23F2I. The first-order chi connectivity index (χ1) is 10.6. The van der Waals surface area contributed by atoms with Crippen molar-refractivity contribution in [3.63, 3.8) is 0 Å². The van der Waals surface area contributed by atoms with Gasteiger partial charge in [0.05, 0.1) is 3.57 Å². The van der Waals surface area contributed by atoms with Crippen LogP contribution in [-0.4, -0.2) is 0 Å². The fourth-order valence-corrected chi connectivity index (χ4v) is 4.47. The van der Waals surface area contributed by atoms with E-state index in [2.05, 4.69) is 13.0 Å². The third-order valence-electron chi connectivity index (χ3n) is 5.56. The van der Waals surface area contributed by atoms with Crippen LogP contribution in [0.5, 0.6) is 0 Å². The maximum atomic E-state index is 14.1. The maximum absolute atomic E-state index is 14.1. The molecule has 3 heteroatoms. The van der Waals surface area contributed by atoms with E-state index in [0.717, 1.165) is 42.6 Å². The molecule has 0 aliphatic heterocycles. The minimum Gasteiger partial charge on any atom is -0.203 e. The first-order valence-electron chi connectivity index (χ1n) is 8.39. The van der Waals surface area contributed by atoms with Crippen LogP contribution >= 0.6 is 22.6 Å². The second-order valence-corrected chi connectivity index (χ2v) is 8.17. The Morgan fingerprint density at radius 1 is 0.955 bits per heavy atom. The predicted octanol–water partition coefficient (Wildman–Crippen LogP) is 6.58. The van der Waals surface area contributed by atoms with Crippen molar-refractivity contribution in [1.29, 1.82) is 0 Å². The Hall–Kier alpha value is -0.450. The molecule has 0 spiro atoms. The molecule has 2 aliphatic rings. The standard InChI is InChI=1S/C19H23F2I/c1-12-2-4-13(5-3-12)14-6-8-15(9-7-14)16-10-11-17(22)19(21)18(16)20/h8,10-14H,2-7,9H2,1H3. The lowest BCUT2D eigenvalue weighted by Crippen LogP contribution is -2.22. The summed E-state index contributed by atoms with van der Waals surface area (Å²) in [5.74, 6) is 1.08. The van der Waals surface area contributed by atoms with Crippen LogP contribution in [-0.2, 0) is 0 Å². The monoisotopic (exact) mass is 416 g/mol. The van der Waals surface area contributed by atoms with Gasteiger partial charge in [0, 0.05) is 5.56 Å². The van der Waals surface area contributed by atoms with Gasteiger partial charge in [-0.05, 0) is 84.1 Å². The van der Waals surface area contributed by atoms with Crippen molar-refractivity contribution >= 4 is 28.2 Å². The Morgan fingerprint density at radius 2 is 1.68 bits per heavy atom. The Kier molecular flexibility index (Phi) is 5.20. The molecular weight excluding hydrogens is 393 g/mol. The molecule has 1 fully saturated rings. The van der Waals surface area contributed by atoms with Crippen LogP contribution in [0.25, 0.3) is 5.57 Å². The van der Waals surface area contributed by atoms with Crippen LogP contribution in [0.1, 0.15) is 57.4 Å². The van der Waals surface area contributed by atoms with Crippen molar-refractivity contribution in [2.24, 2.45) is 17.8 Å². The maximum Gasteiger partial charge on any atom is 0.172 e. The van der Waals surface area contributed by atoms with Gasteiger partial charge in [0.25, 0.3) is 0 Å². The number of benzene rings is 1. The molecule has 0 bridgehead atoms. The summed E-state index contributed by atoms with van der Waals surface area (Å²) < 4.78 is 28.2. The zero-order valence-corrected chi connectivity index (χ0v) is 15.2. The molecule has 1 unspecified atom stereocenters. The van der Waals surface area contributed by atoms with Crippen molar-refractivity contribution in [1.82, 2.24) is 0 Å². The molecule has 22 heavy (non-hydrogen) atoms. The Bertz CT molecular complexity index is 571. The van der Waals surface area contributed by atoms with Crippen LogP contribution in [0.2, 0.25) is 0 Å². The van der Waals surface area contributed by atoms with Crippen molar-refractivity contribution in [3.8, 4) is 0 Å². The van der Waals surface area contributed by atoms with E-state index >= 15 is 0 Å². The lowest BCUT2D eigenvalue weighted by atomic mass is 9.71. The van der Waals surface area contributed by atoms with Crippen molar-refractivity contribution in [2.75, 3.05) is 0 Å². The van der Waals surface area contributed by atoms with Crippen molar-refractivity contribution in [3.05, 3.63) is 39.0 Å². The van der Waals surface area contributed by atoms with E-state index in [-0.39, 0.29) is 0 Å². The van der Waals surface area contributed by atoms with Gasteiger partial charge in [0.15, 0.2) is 11.6 Å². The number of halogens is 3. The molecule has 0 nitrogen and oxygen atoms in total. The second kappa shape index (κ2) is 6.98. The molecule has 0 aromatic heterocycles. The van der Waals surface area contributed by atoms with E-state index in [9.17, 15) is 8.78 Å². The summed E-state index contributed by atoms with van der Waals surface area (Å²) in [5, 5.41) is 0. The van der Waals surface area contributed by atoms with E-state index < -0.39 is 11.6 Å². The summed E-state index contributed by atoms with van der Waals surface area (Å²) in [6.45, 7) is 2.35. The third-order valence-corrected chi connectivity index (χ3v) is 6.39. The highest BCUT2D eigenvalue weighted by atomic mass is 127. The number of rotatable bonds is 2. The van der Waals surface area contributed by atoms with Gasteiger partial charge in [-0.1, -0.05) is 31.9 Å². The first kappa shape index (κ1) is 16.4. The van der Waals surface area contributed by atoms with E-state index in [1.807, 2.05) is 22.6 Å². The molecule has 1 saturated carbocycles. The Morgan fingerprint density at radius 3 is 2.32 bits per heavy atom. The number of allylic oxidation sites excluding steroid dienone is 2. The predicted molar refractivity (Wildman–Crippen MR) is 95.5 cm³/mol. The SMILES string of the molecule is CC1CCC(C2CC=C(c3ccc(I)c(F)c3F)CC2)CC1. The lowest BCUT2D eigenvalue weighted by Gasteiger charge is -2.34. The molecule has 120 valence electrons. The molecule has 1 aromatic rings. The third kappa shape index (κ3) is 3.39. The smallest absolute Gasteiger partial charge is 0.172 e. The second-order valence-electron chi connectivity index (χ2n) is 7.01. The summed E-state index contributed by atoms with van der Waals surface area (Å²) in [4.78, 5) is 0. The number of hydrogen-bond acceptors (Lipinski definition) is 0. The molecule has 0 radical (unpaired) electrons. The Balaban J connectivity index is 1.70. The molecule has 2 aliphatic carbocycles. The topological polar surface area (TPSA) is 0 Å². The van der Waals surface area contributed by atoms with Gasteiger partial charge in [-0.15, -0.1) is 0 Å². The quantitative estimate of drug-likeness (QED) is 0.378. The highest BCUT2D eigenvalue weighted by molar-refractivity contribution is 14.1. The fourth-order valence-electron chi connectivity index (χ4n) is 4.06. The Labute approximate surface area is 145 Å². The summed E-state index contributed by atoms with van der Waals surface area (Å²) in [6.07, 6.45) is 10.6. The van der Waals surface area contributed by atoms with Crippen LogP contribution in [0.3, 0.4) is 0 Å². The van der Waals surface area contributed by atoms with E-state index in [0.29, 0.717) is 9.13 Å². The van der Waals surface area contributed by atoms with E-state index in [4.69, 9.17) is 0 Å². The molecule has 0 heterocycles. The molecule has 1 aromatic carbocycles. The van der Waals surface area contributed by atoms with Gasteiger partial charge < -0.3 is 0 Å². The zero-order chi connectivity index (χ0) is 15.7. The zero-order valence-electron chi connectivity index (χ0n) is 13.0. The summed E-state index contributed by atoms with van der Waals surface area (Å²) in [5.41, 5.74) is 1.46. The van der Waals surface area contributed by atoms with Crippen molar-refractivity contribution in [2.45, 2.75) is 51.9 Å². The average molecular weight is 416 g/mol. The minimum atomic E-state index is -0.706. The van der Waals surface area contributed by atoms with Crippen LogP contribution in [0.15, 0.2) is 18.2 Å². The van der Waals surface area contributed by atoms with Crippen molar-refractivity contribution < 1.29 is 8.78 Å². The van der Waals surface area contributed by atoms with E-state index in [1.165, 1.54) is 25.7 Å².